The lowest BCUT2D eigenvalue weighted by Crippen LogP contribution is -2.28. The lowest BCUT2D eigenvalue weighted by Gasteiger charge is -2.12. The van der Waals surface area contributed by atoms with E-state index in [1.54, 1.807) is 34.9 Å². The first-order valence-corrected chi connectivity index (χ1v) is 11.1. The van der Waals surface area contributed by atoms with E-state index in [2.05, 4.69) is 4.18 Å². The maximum atomic E-state index is 12.6. The topological polar surface area (TPSA) is 65.4 Å². The molecule has 0 radical (unpaired) electrons. The summed E-state index contributed by atoms with van der Waals surface area (Å²) in [5.74, 6) is -0.333. The van der Waals surface area contributed by atoms with E-state index in [9.17, 15) is 26.4 Å². The average Bonchev–Trinajstić information content (AvgIpc) is 2.97. The van der Waals surface area contributed by atoms with Crippen LogP contribution < -0.4 is 4.18 Å². The Bertz CT molecular complexity index is 1230. The quantitative estimate of drug-likeness (QED) is 0.321. The number of rotatable bonds is 7. The standard InChI is InChI=1S/C21H19ClF3NO4S/c1-13(2)8-17(27)12-26-19-7-6-18(30-31(28,29)21(23,24)25)10-15(19)11-20(26)14-4-3-5-16(22)9-14/h3-7,9-11,13H,8,12H2,1-2H3. The van der Waals surface area contributed by atoms with Gasteiger partial charge in [-0.2, -0.15) is 21.6 Å². The molecule has 166 valence electrons. The zero-order chi connectivity index (χ0) is 23.0. The van der Waals surface area contributed by atoms with Gasteiger partial charge < -0.3 is 8.75 Å². The fourth-order valence-electron chi connectivity index (χ4n) is 3.23. The Morgan fingerprint density at radius 3 is 2.45 bits per heavy atom. The minimum absolute atomic E-state index is 0.0178. The Labute approximate surface area is 182 Å². The van der Waals surface area contributed by atoms with Crippen molar-refractivity contribution >= 4 is 38.4 Å². The second-order valence-corrected chi connectivity index (χ2v) is 9.44. The molecule has 0 aliphatic carbocycles. The van der Waals surface area contributed by atoms with Crippen molar-refractivity contribution in [2.24, 2.45) is 5.92 Å². The first-order chi connectivity index (χ1) is 14.4. The maximum absolute atomic E-state index is 12.6. The van der Waals surface area contributed by atoms with Gasteiger partial charge in [0.05, 0.1) is 6.54 Å². The second kappa shape index (κ2) is 8.55. The van der Waals surface area contributed by atoms with Gasteiger partial charge in [-0.05, 0) is 47.9 Å². The van der Waals surface area contributed by atoms with Gasteiger partial charge in [0.2, 0.25) is 0 Å². The molecule has 3 rings (SSSR count). The van der Waals surface area contributed by atoms with Crippen LogP contribution in [0.3, 0.4) is 0 Å². The van der Waals surface area contributed by atoms with Crippen molar-refractivity contribution in [3.05, 3.63) is 53.6 Å². The predicted octanol–water partition coefficient (Wildman–Crippen LogP) is 5.81. The van der Waals surface area contributed by atoms with Gasteiger partial charge in [-0.3, -0.25) is 4.79 Å². The van der Waals surface area contributed by atoms with Crippen LogP contribution in [0.15, 0.2) is 48.5 Å². The zero-order valence-electron chi connectivity index (χ0n) is 16.6. The van der Waals surface area contributed by atoms with E-state index in [-0.39, 0.29) is 18.2 Å². The minimum Gasteiger partial charge on any atom is -0.376 e. The number of halogens is 4. The summed E-state index contributed by atoms with van der Waals surface area (Å²) in [7, 11) is -5.79. The molecule has 0 unspecified atom stereocenters. The van der Waals surface area contributed by atoms with Crippen LogP contribution in [0.1, 0.15) is 20.3 Å². The van der Waals surface area contributed by atoms with Crippen LogP contribution >= 0.6 is 11.6 Å². The van der Waals surface area contributed by atoms with Crippen LogP contribution in [-0.2, 0) is 21.5 Å². The third kappa shape index (κ3) is 5.22. The summed E-state index contributed by atoms with van der Waals surface area (Å²) in [5, 5.41) is 0.894. The van der Waals surface area contributed by atoms with Crippen molar-refractivity contribution in [3.63, 3.8) is 0 Å². The van der Waals surface area contributed by atoms with Crippen LogP contribution in [-0.4, -0.2) is 24.3 Å². The van der Waals surface area contributed by atoms with E-state index in [1.165, 1.54) is 12.1 Å². The van der Waals surface area contributed by atoms with E-state index in [0.717, 1.165) is 6.07 Å². The molecule has 1 heterocycles. The van der Waals surface area contributed by atoms with Crippen LogP contribution in [0.5, 0.6) is 5.75 Å². The van der Waals surface area contributed by atoms with Crippen LogP contribution in [0.4, 0.5) is 13.2 Å². The van der Waals surface area contributed by atoms with E-state index < -0.39 is 21.4 Å². The number of alkyl halides is 3. The number of carbonyl (C=O) groups excluding carboxylic acids is 1. The number of benzene rings is 2. The molecular weight excluding hydrogens is 455 g/mol. The van der Waals surface area contributed by atoms with Crippen LogP contribution in [0, 0.1) is 5.92 Å². The van der Waals surface area contributed by atoms with Gasteiger partial charge in [0, 0.05) is 28.0 Å². The number of hydrogen-bond acceptors (Lipinski definition) is 4. The lowest BCUT2D eigenvalue weighted by atomic mass is 10.1. The first kappa shape index (κ1) is 23.1. The molecule has 0 atom stereocenters. The molecule has 3 aromatic rings. The Balaban J connectivity index is 2.10. The minimum atomic E-state index is -5.79. The van der Waals surface area contributed by atoms with Gasteiger partial charge in [-0.15, -0.1) is 0 Å². The van der Waals surface area contributed by atoms with E-state index >= 15 is 0 Å². The van der Waals surface area contributed by atoms with Gasteiger partial charge in [0.1, 0.15) is 5.75 Å². The second-order valence-electron chi connectivity index (χ2n) is 7.47. The number of fused-ring (bicyclic) bond motifs is 1. The van der Waals surface area contributed by atoms with Crippen molar-refractivity contribution in [2.75, 3.05) is 0 Å². The van der Waals surface area contributed by atoms with Gasteiger partial charge in [-0.25, -0.2) is 0 Å². The number of hydrogen-bond donors (Lipinski definition) is 0. The van der Waals surface area contributed by atoms with E-state index in [4.69, 9.17) is 11.6 Å². The molecule has 0 saturated carbocycles. The summed E-state index contributed by atoms with van der Waals surface area (Å²) < 4.78 is 66.5. The molecule has 10 heteroatoms. The lowest BCUT2D eigenvalue weighted by molar-refractivity contribution is -0.120. The summed E-state index contributed by atoms with van der Waals surface area (Å²) in [4.78, 5) is 12.5. The number of aromatic nitrogens is 1. The molecule has 1 aromatic heterocycles. The Morgan fingerprint density at radius 2 is 1.84 bits per heavy atom. The zero-order valence-corrected chi connectivity index (χ0v) is 18.2. The fourth-order valence-corrected chi connectivity index (χ4v) is 3.87. The molecule has 0 spiro atoms. The maximum Gasteiger partial charge on any atom is 0.534 e. The summed E-state index contributed by atoms with van der Waals surface area (Å²) >= 11 is 6.09. The average molecular weight is 474 g/mol. The van der Waals surface area contributed by atoms with Crippen molar-refractivity contribution < 1.29 is 30.6 Å². The van der Waals surface area contributed by atoms with Crippen LogP contribution in [0.2, 0.25) is 5.02 Å². The van der Waals surface area contributed by atoms with Crippen molar-refractivity contribution in [2.45, 2.75) is 32.3 Å². The number of ketones is 1. The molecule has 0 saturated heterocycles. The fraction of sp³-hybridized carbons (Fsp3) is 0.286. The Kier molecular flexibility index (Phi) is 6.38. The van der Waals surface area contributed by atoms with Gasteiger partial charge >= 0.3 is 15.6 Å². The highest BCUT2D eigenvalue weighted by Gasteiger charge is 2.48. The van der Waals surface area contributed by atoms with Crippen molar-refractivity contribution in [1.29, 1.82) is 0 Å². The highest BCUT2D eigenvalue weighted by atomic mass is 35.5. The third-order valence-electron chi connectivity index (χ3n) is 4.45. The first-order valence-electron chi connectivity index (χ1n) is 9.29. The molecular formula is C21H19ClF3NO4S. The smallest absolute Gasteiger partial charge is 0.376 e. The van der Waals surface area contributed by atoms with Gasteiger partial charge in [0.25, 0.3) is 0 Å². The monoisotopic (exact) mass is 473 g/mol. The molecule has 0 fully saturated rings. The number of carbonyl (C=O) groups is 1. The summed E-state index contributed by atoms with van der Waals surface area (Å²) in [6, 6.07) is 12.3. The predicted molar refractivity (Wildman–Crippen MR) is 112 cm³/mol. The summed E-state index contributed by atoms with van der Waals surface area (Å²) in [5.41, 5.74) is -3.68. The van der Waals surface area contributed by atoms with Crippen molar-refractivity contribution in [3.8, 4) is 17.0 Å². The SMILES string of the molecule is CC(C)CC(=O)Cn1c(-c2cccc(Cl)c2)cc2cc(OS(=O)(=O)C(F)(F)F)ccc21. The van der Waals surface area contributed by atoms with E-state index in [1.807, 2.05) is 13.8 Å². The van der Waals surface area contributed by atoms with E-state index in [0.29, 0.717) is 33.6 Å². The molecule has 0 bridgehead atoms. The number of nitrogens with zero attached hydrogens (tertiary/aromatic N) is 1. The Morgan fingerprint density at radius 1 is 1.13 bits per heavy atom. The number of Topliss-reactive ketones (excluding diaryl/α,β-unsaturated/α-hetero) is 1. The van der Waals surface area contributed by atoms with Crippen LogP contribution in [0.25, 0.3) is 22.2 Å². The molecule has 31 heavy (non-hydrogen) atoms. The molecule has 0 aliphatic rings. The third-order valence-corrected chi connectivity index (χ3v) is 5.67. The molecule has 2 aromatic carbocycles. The molecule has 5 nitrogen and oxygen atoms in total. The largest absolute Gasteiger partial charge is 0.534 e. The Hall–Kier alpha value is -2.52. The van der Waals surface area contributed by atoms with Gasteiger partial charge in [-0.1, -0.05) is 37.6 Å². The summed E-state index contributed by atoms with van der Waals surface area (Å²) in [6.07, 6.45) is 0.361. The highest BCUT2D eigenvalue weighted by Crippen LogP contribution is 2.34. The molecule has 0 aliphatic heterocycles. The molecule has 0 amide bonds. The normalized spacial score (nSPS) is 12.5. The van der Waals surface area contributed by atoms with Crippen molar-refractivity contribution in [1.82, 2.24) is 4.57 Å². The highest BCUT2D eigenvalue weighted by molar-refractivity contribution is 7.88. The van der Waals surface area contributed by atoms with Gasteiger partial charge in [0.15, 0.2) is 5.78 Å². The summed E-state index contributed by atoms with van der Waals surface area (Å²) in [6.45, 7) is 3.90. The molecule has 0 N–H and O–H groups in total.